The Balaban J connectivity index is 0.000000317. The number of aryl methyl sites for hydroxylation is 1. The molecule has 1 fully saturated rings. The minimum Gasteiger partial charge on any atom is -0.381 e. The summed E-state index contributed by atoms with van der Waals surface area (Å²) in [6.07, 6.45) is 7.27. The van der Waals surface area contributed by atoms with Gasteiger partial charge in [-0.1, -0.05) is 13.5 Å². The number of thiophene rings is 1. The first-order valence-electron chi connectivity index (χ1n) is 9.42. The normalized spacial score (nSPS) is 13.4. The highest BCUT2D eigenvalue weighted by atomic mass is 32.1. The topological polar surface area (TPSA) is 108 Å². The van der Waals surface area contributed by atoms with Crippen LogP contribution < -0.4 is 11.1 Å². The SMILES string of the molecule is C.C1CCOCC1.Cn1cnc2c(NC(=O)c3csc4cnc(N)nc34)cccc21. The van der Waals surface area contributed by atoms with E-state index in [9.17, 15) is 4.79 Å². The lowest BCUT2D eigenvalue weighted by Crippen LogP contribution is -2.12. The average molecular weight is 427 g/mol. The van der Waals surface area contributed by atoms with Crippen LogP contribution in [0.5, 0.6) is 0 Å². The molecule has 1 amide bonds. The molecular weight excluding hydrogens is 400 g/mol. The lowest BCUT2D eigenvalue weighted by atomic mass is 10.2. The second kappa shape index (κ2) is 9.64. The molecule has 0 saturated carbocycles. The molecule has 1 aliphatic rings. The third-order valence-corrected chi connectivity index (χ3v) is 5.56. The highest BCUT2D eigenvalue weighted by molar-refractivity contribution is 7.17. The summed E-state index contributed by atoms with van der Waals surface area (Å²) in [6.45, 7) is 2.00. The molecule has 0 aliphatic carbocycles. The molecule has 0 unspecified atom stereocenters. The van der Waals surface area contributed by atoms with Gasteiger partial charge in [0.15, 0.2) is 0 Å². The maximum atomic E-state index is 12.6. The fraction of sp³-hybridized carbons (Fsp3) is 0.333. The third-order valence-electron chi connectivity index (χ3n) is 4.66. The number of aromatic nitrogens is 4. The van der Waals surface area contributed by atoms with Gasteiger partial charge in [0.1, 0.15) is 5.52 Å². The van der Waals surface area contributed by atoms with Gasteiger partial charge in [0.2, 0.25) is 5.95 Å². The van der Waals surface area contributed by atoms with Gasteiger partial charge in [-0.3, -0.25) is 4.79 Å². The van der Waals surface area contributed by atoms with E-state index in [-0.39, 0.29) is 19.3 Å². The van der Waals surface area contributed by atoms with E-state index in [1.54, 1.807) is 17.9 Å². The second-order valence-electron chi connectivity index (χ2n) is 6.75. The number of hydrogen-bond acceptors (Lipinski definition) is 7. The Labute approximate surface area is 179 Å². The second-order valence-corrected chi connectivity index (χ2v) is 7.66. The van der Waals surface area contributed by atoms with E-state index in [1.807, 2.05) is 29.8 Å². The van der Waals surface area contributed by atoms with Gasteiger partial charge in [-0.05, 0) is 31.4 Å². The van der Waals surface area contributed by atoms with Gasteiger partial charge in [-0.25, -0.2) is 15.0 Å². The van der Waals surface area contributed by atoms with E-state index in [1.165, 1.54) is 30.6 Å². The number of nitrogens with one attached hydrogen (secondary N) is 1. The first-order valence-corrected chi connectivity index (χ1v) is 10.3. The molecule has 4 aromatic rings. The van der Waals surface area contributed by atoms with Crippen LogP contribution in [0.2, 0.25) is 0 Å². The number of nitrogens with two attached hydrogens (primary N) is 1. The number of carbonyl (C=O) groups excluding carboxylic acids is 1. The van der Waals surface area contributed by atoms with Crippen LogP contribution in [0, 0.1) is 0 Å². The number of fused-ring (bicyclic) bond motifs is 2. The number of rotatable bonds is 2. The van der Waals surface area contributed by atoms with Crippen molar-refractivity contribution in [3.63, 3.8) is 0 Å². The van der Waals surface area contributed by atoms with Crippen LogP contribution in [-0.2, 0) is 11.8 Å². The van der Waals surface area contributed by atoms with Crippen LogP contribution in [-0.4, -0.2) is 38.6 Å². The maximum absolute atomic E-state index is 12.6. The predicted octanol–water partition coefficient (Wildman–Crippen LogP) is 4.24. The molecule has 1 aliphatic heterocycles. The minimum absolute atomic E-state index is 0. The van der Waals surface area contributed by atoms with Gasteiger partial charge in [0, 0.05) is 25.6 Å². The van der Waals surface area contributed by atoms with E-state index in [4.69, 9.17) is 10.5 Å². The largest absolute Gasteiger partial charge is 0.381 e. The number of amides is 1. The number of hydrogen-bond donors (Lipinski definition) is 2. The number of anilines is 2. The molecule has 0 spiro atoms. The molecular formula is C21H26N6O2S. The molecule has 3 aromatic heterocycles. The smallest absolute Gasteiger partial charge is 0.258 e. The Morgan fingerprint density at radius 2 is 2.00 bits per heavy atom. The molecule has 0 radical (unpaired) electrons. The van der Waals surface area contributed by atoms with Gasteiger partial charge >= 0.3 is 0 Å². The molecule has 9 heteroatoms. The number of para-hydroxylation sites is 1. The Morgan fingerprint density at radius 3 is 2.70 bits per heavy atom. The van der Waals surface area contributed by atoms with E-state index in [0.29, 0.717) is 16.8 Å². The van der Waals surface area contributed by atoms with Crippen molar-refractivity contribution in [3.8, 4) is 0 Å². The zero-order valence-electron chi connectivity index (χ0n) is 16.1. The summed E-state index contributed by atoms with van der Waals surface area (Å²) in [4.78, 5) is 25.0. The number of carbonyl (C=O) groups is 1. The first-order chi connectivity index (χ1) is 14.1. The van der Waals surface area contributed by atoms with Crippen molar-refractivity contribution >= 4 is 50.1 Å². The van der Waals surface area contributed by atoms with Crippen molar-refractivity contribution < 1.29 is 9.53 Å². The first kappa shape index (κ1) is 21.7. The van der Waals surface area contributed by atoms with E-state index >= 15 is 0 Å². The van der Waals surface area contributed by atoms with Crippen LogP contribution in [0.15, 0.2) is 36.1 Å². The summed E-state index contributed by atoms with van der Waals surface area (Å²) < 4.78 is 7.79. The Bertz CT molecular complexity index is 1140. The number of benzene rings is 1. The van der Waals surface area contributed by atoms with Crippen LogP contribution >= 0.6 is 11.3 Å². The molecule has 30 heavy (non-hydrogen) atoms. The number of nitrogens with zero attached hydrogens (tertiary/aromatic N) is 4. The van der Waals surface area contributed by atoms with E-state index in [2.05, 4.69) is 20.3 Å². The molecule has 4 heterocycles. The fourth-order valence-corrected chi connectivity index (χ4v) is 3.98. The monoisotopic (exact) mass is 426 g/mol. The number of nitrogen functional groups attached to an aromatic ring is 1. The lowest BCUT2D eigenvalue weighted by molar-refractivity contribution is 0.0968. The molecule has 5 rings (SSSR count). The summed E-state index contributed by atoms with van der Waals surface area (Å²) in [6, 6.07) is 5.66. The van der Waals surface area contributed by atoms with Crippen molar-refractivity contribution in [2.24, 2.45) is 7.05 Å². The van der Waals surface area contributed by atoms with Crippen LogP contribution in [0.4, 0.5) is 11.6 Å². The Morgan fingerprint density at radius 1 is 1.20 bits per heavy atom. The van der Waals surface area contributed by atoms with E-state index < -0.39 is 0 Å². The maximum Gasteiger partial charge on any atom is 0.258 e. The van der Waals surface area contributed by atoms with Crippen LogP contribution in [0.1, 0.15) is 37.0 Å². The predicted molar refractivity (Wildman–Crippen MR) is 122 cm³/mol. The van der Waals surface area contributed by atoms with Crippen LogP contribution in [0.3, 0.4) is 0 Å². The molecule has 8 nitrogen and oxygen atoms in total. The van der Waals surface area contributed by atoms with Gasteiger partial charge in [-0.2, -0.15) is 0 Å². The highest BCUT2D eigenvalue weighted by Crippen LogP contribution is 2.26. The van der Waals surface area contributed by atoms with Crippen molar-refractivity contribution in [2.75, 3.05) is 24.3 Å². The van der Waals surface area contributed by atoms with Crippen molar-refractivity contribution in [1.29, 1.82) is 0 Å². The average Bonchev–Trinajstić information content (AvgIpc) is 3.34. The molecule has 0 bridgehead atoms. The fourth-order valence-electron chi connectivity index (χ4n) is 3.14. The Kier molecular flexibility index (Phi) is 6.96. The minimum atomic E-state index is -0.243. The molecule has 158 valence electrons. The van der Waals surface area contributed by atoms with Gasteiger partial charge in [0.05, 0.1) is 39.5 Å². The van der Waals surface area contributed by atoms with E-state index in [0.717, 1.165) is 28.9 Å². The summed E-state index contributed by atoms with van der Waals surface area (Å²) in [5, 5.41) is 4.66. The number of imidazole rings is 1. The zero-order chi connectivity index (χ0) is 20.2. The number of ether oxygens (including phenoxy) is 1. The molecule has 1 saturated heterocycles. The highest BCUT2D eigenvalue weighted by Gasteiger charge is 2.16. The van der Waals surface area contributed by atoms with Crippen molar-refractivity contribution in [1.82, 2.24) is 19.5 Å². The van der Waals surface area contributed by atoms with Gasteiger partial charge in [-0.15, -0.1) is 11.3 Å². The zero-order valence-corrected chi connectivity index (χ0v) is 16.9. The summed E-state index contributed by atoms with van der Waals surface area (Å²) in [5.41, 5.74) is 9.02. The Hall–Kier alpha value is -3.04. The van der Waals surface area contributed by atoms with Crippen molar-refractivity contribution in [3.05, 3.63) is 41.7 Å². The van der Waals surface area contributed by atoms with Gasteiger partial charge < -0.3 is 20.4 Å². The lowest BCUT2D eigenvalue weighted by Gasteiger charge is -2.08. The summed E-state index contributed by atoms with van der Waals surface area (Å²) >= 11 is 1.41. The molecule has 0 atom stereocenters. The molecule has 3 N–H and O–H groups in total. The standard InChI is InChI=1S/C15H12N6OS.C5H10O.CH4/c1-21-7-18-13-9(3-2-4-10(13)21)19-14(22)8-6-23-11-5-17-15(16)20-12(8)11;1-2-4-6-5-3-1;/h2-7H,1H3,(H,19,22)(H2,16,17,20);1-5H2;1H4. The van der Waals surface area contributed by atoms with Crippen LogP contribution in [0.25, 0.3) is 21.3 Å². The quantitative estimate of drug-likeness (QED) is 0.496. The molecule has 1 aromatic carbocycles. The summed E-state index contributed by atoms with van der Waals surface area (Å²) in [7, 11) is 1.91. The van der Waals surface area contributed by atoms with Gasteiger partial charge in [0.25, 0.3) is 5.91 Å². The third kappa shape index (κ3) is 4.58. The van der Waals surface area contributed by atoms with Crippen molar-refractivity contribution in [2.45, 2.75) is 26.7 Å². The summed E-state index contributed by atoms with van der Waals surface area (Å²) in [5.74, 6) is -0.0933.